The van der Waals surface area contributed by atoms with Gasteiger partial charge in [0.15, 0.2) is 0 Å². The number of likely N-dealkylation sites (tertiary alicyclic amines) is 1. The van der Waals surface area contributed by atoms with Gasteiger partial charge in [0.25, 0.3) is 0 Å². The average Bonchev–Trinajstić information content (AvgIpc) is 3.52. The molecule has 30 heavy (non-hydrogen) atoms. The molecule has 7 heteroatoms. The molecular weight excluding hydrogens is 380 g/mol. The molecular formula is C23H40N4O3. The first-order valence-corrected chi connectivity index (χ1v) is 11.4. The fourth-order valence-corrected chi connectivity index (χ4v) is 3.84. The van der Waals surface area contributed by atoms with Gasteiger partial charge in [-0.25, -0.2) is 0 Å². The summed E-state index contributed by atoms with van der Waals surface area (Å²) in [5.74, 6) is -0.280. The SMILES string of the molecule is C/C(=C\CN(C)C(=O)C(NC(=O)C1CCCCN1C(C)C)C(C)C)C(=O)NC1CC1. The second-order valence-corrected chi connectivity index (χ2v) is 9.43. The minimum Gasteiger partial charge on any atom is -0.350 e. The Balaban J connectivity index is 1.97. The van der Waals surface area contributed by atoms with Crippen LogP contribution in [-0.4, -0.2) is 71.8 Å². The Morgan fingerprint density at radius 1 is 1.10 bits per heavy atom. The Kier molecular flexibility index (Phi) is 8.89. The van der Waals surface area contributed by atoms with E-state index in [-0.39, 0.29) is 29.7 Å². The van der Waals surface area contributed by atoms with E-state index in [2.05, 4.69) is 29.4 Å². The Bertz CT molecular complexity index is 655. The van der Waals surface area contributed by atoms with E-state index < -0.39 is 6.04 Å². The molecule has 1 saturated heterocycles. The molecule has 1 aliphatic heterocycles. The lowest BCUT2D eigenvalue weighted by molar-refractivity contribution is -0.138. The number of likely N-dealkylation sites (N-methyl/N-ethyl adjacent to an activating group) is 1. The van der Waals surface area contributed by atoms with E-state index in [1.807, 2.05) is 13.8 Å². The Morgan fingerprint density at radius 3 is 2.33 bits per heavy atom. The standard InChI is InChI=1S/C23H40N4O3/c1-15(2)20(25-22(29)19-9-7-8-13-27(19)16(3)4)23(30)26(6)14-12-17(5)21(28)24-18-10-11-18/h12,15-16,18-20H,7-11,13-14H2,1-6H3,(H,24,28)(H,25,29)/b17-12+. The van der Waals surface area contributed by atoms with Crippen LogP contribution in [0.5, 0.6) is 0 Å². The van der Waals surface area contributed by atoms with E-state index in [1.165, 1.54) is 0 Å². The third-order valence-corrected chi connectivity index (χ3v) is 6.06. The zero-order chi connectivity index (χ0) is 22.4. The first-order valence-electron chi connectivity index (χ1n) is 11.4. The maximum Gasteiger partial charge on any atom is 0.246 e. The van der Waals surface area contributed by atoms with Crippen LogP contribution in [0.4, 0.5) is 0 Å². The monoisotopic (exact) mass is 420 g/mol. The zero-order valence-corrected chi connectivity index (χ0v) is 19.5. The molecule has 0 spiro atoms. The van der Waals surface area contributed by atoms with E-state index >= 15 is 0 Å². The van der Waals surface area contributed by atoms with Gasteiger partial charge in [0.2, 0.25) is 17.7 Å². The van der Waals surface area contributed by atoms with Gasteiger partial charge >= 0.3 is 0 Å². The van der Waals surface area contributed by atoms with Gasteiger partial charge in [-0.05, 0) is 58.9 Å². The molecule has 1 aliphatic carbocycles. The molecule has 0 aromatic heterocycles. The van der Waals surface area contributed by atoms with Gasteiger partial charge in [-0.1, -0.05) is 26.3 Å². The number of nitrogens with one attached hydrogen (secondary N) is 2. The quantitative estimate of drug-likeness (QED) is 0.560. The van der Waals surface area contributed by atoms with E-state index in [9.17, 15) is 14.4 Å². The number of carbonyl (C=O) groups excluding carboxylic acids is 3. The largest absolute Gasteiger partial charge is 0.350 e. The van der Waals surface area contributed by atoms with Crippen LogP contribution in [-0.2, 0) is 14.4 Å². The van der Waals surface area contributed by atoms with Crippen molar-refractivity contribution in [3.63, 3.8) is 0 Å². The second-order valence-electron chi connectivity index (χ2n) is 9.43. The number of nitrogens with zero attached hydrogens (tertiary/aromatic N) is 2. The number of rotatable bonds is 9. The third kappa shape index (κ3) is 6.83. The van der Waals surface area contributed by atoms with Crippen LogP contribution in [0.2, 0.25) is 0 Å². The van der Waals surface area contributed by atoms with E-state index in [1.54, 1.807) is 24.9 Å². The minimum absolute atomic E-state index is 0.0248. The lowest BCUT2D eigenvalue weighted by Crippen LogP contribution is -2.57. The van der Waals surface area contributed by atoms with E-state index in [0.29, 0.717) is 24.2 Å². The molecule has 2 N–H and O–H groups in total. The van der Waals surface area contributed by atoms with Gasteiger partial charge in [-0.15, -0.1) is 0 Å². The van der Waals surface area contributed by atoms with Crippen LogP contribution in [0, 0.1) is 5.92 Å². The number of carbonyl (C=O) groups is 3. The van der Waals surface area contributed by atoms with Crippen LogP contribution in [0.15, 0.2) is 11.6 Å². The first-order chi connectivity index (χ1) is 14.1. The van der Waals surface area contributed by atoms with Crippen molar-refractivity contribution in [2.45, 2.75) is 90.9 Å². The topological polar surface area (TPSA) is 81.8 Å². The summed E-state index contributed by atoms with van der Waals surface area (Å²) in [6, 6.07) is -0.142. The Labute approximate surface area is 181 Å². The molecule has 0 aromatic rings. The van der Waals surface area contributed by atoms with Gasteiger partial charge in [0.1, 0.15) is 6.04 Å². The molecule has 2 fully saturated rings. The molecule has 2 atom stereocenters. The Hall–Kier alpha value is -1.89. The fraction of sp³-hybridized carbons (Fsp3) is 0.783. The molecule has 7 nitrogen and oxygen atoms in total. The predicted molar refractivity (Wildman–Crippen MR) is 119 cm³/mol. The summed E-state index contributed by atoms with van der Waals surface area (Å²) in [4.78, 5) is 42.0. The predicted octanol–water partition coefficient (Wildman–Crippen LogP) is 2.07. The van der Waals surface area contributed by atoms with Crippen molar-refractivity contribution in [2.75, 3.05) is 20.1 Å². The summed E-state index contributed by atoms with van der Waals surface area (Å²) < 4.78 is 0. The minimum atomic E-state index is -0.576. The van der Waals surface area contributed by atoms with E-state index in [4.69, 9.17) is 0 Å². The number of amides is 3. The lowest BCUT2D eigenvalue weighted by Gasteiger charge is -2.38. The molecule has 1 heterocycles. The maximum absolute atomic E-state index is 13.1. The van der Waals surface area contributed by atoms with Crippen LogP contribution in [0.25, 0.3) is 0 Å². The molecule has 0 bridgehead atoms. The molecule has 0 radical (unpaired) electrons. The van der Waals surface area contributed by atoms with Gasteiger partial charge in [-0.3, -0.25) is 19.3 Å². The number of hydrogen-bond donors (Lipinski definition) is 2. The summed E-state index contributed by atoms with van der Waals surface area (Å²) in [6.45, 7) is 11.1. The van der Waals surface area contributed by atoms with E-state index in [0.717, 1.165) is 38.6 Å². The Morgan fingerprint density at radius 2 is 1.77 bits per heavy atom. The second kappa shape index (κ2) is 10.9. The van der Waals surface area contributed by atoms with Crippen LogP contribution in [0.3, 0.4) is 0 Å². The molecule has 2 rings (SSSR count). The van der Waals surface area contributed by atoms with Crippen LogP contribution >= 0.6 is 0 Å². The van der Waals surface area contributed by atoms with Crippen molar-refractivity contribution in [2.24, 2.45) is 5.92 Å². The highest BCUT2D eigenvalue weighted by atomic mass is 16.2. The molecule has 2 aliphatic rings. The van der Waals surface area contributed by atoms with Gasteiger partial charge in [0, 0.05) is 31.2 Å². The number of hydrogen-bond acceptors (Lipinski definition) is 4. The van der Waals surface area contributed by atoms with Gasteiger partial charge < -0.3 is 15.5 Å². The normalized spacial score (nSPS) is 21.5. The van der Waals surface area contributed by atoms with Crippen molar-refractivity contribution in [3.8, 4) is 0 Å². The summed E-state index contributed by atoms with van der Waals surface area (Å²) in [6.07, 6.45) is 6.84. The summed E-state index contributed by atoms with van der Waals surface area (Å²) in [5.41, 5.74) is 0.612. The van der Waals surface area contributed by atoms with Gasteiger partial charge in [0.05, 0.1) is 6.04 Å². The number of piperidine rings is 1. The third-order valence-electron chi connectivity index (χ3n) is 6.06. The summed E-state index contributed by atoms with van der Waals surface area (Å²) in [7, 11) is 1.72. The van der Waals surface area contributed by atoms with Crippen LogP contribution < -0.4 is 10.6 Å². The average molecular weight is 421 g/mol. The fourth-order valence-electron chi connectivity index (χ4n) is 3.84. The van der Waals surface area contributed by atoms with Crippen molar-refractivity contribution in [1.29, 1.82) is 0 Å². The van der Waals surface area contributed by atoms with Crippen molar-refractivity contribution in [1.82, 2.24) is 20.4 Å². The summed E-state index contributed by atoms with van der Waals surface area (Å²) >= 11 is 0. The molecule has 170 valence electrons. The smallest absolute Gasteiger partial charge is 0.246 e. The van der Waals surface area contributed by atoms with Gasteiger partial charge in [-0.2, -0.15) is 0 Å². The lowest BCUT2D eigenvalue weighted by atomic mass is 9.97. The highest BCUT2D eigenvalue weighted by Gasteiger charge is 2.34. The highest BCUT2D eigenvalue weighted by Crippen LogP contribution is 2.21. The molecule has 2 unspecified atom stereocenters. The molecule has 1 saturated carbocycles. The molecule has 3 amide bonds. The summed E-state index contributed by atoms with van der Waals surface area (Å²) in [5, 5.41) is 5.98. The molecule has 0 aromatic carbocycles. The van der Waals surface area contributed by atoms with Crippen molar-refractivity contribution < 1.29 is 14.4 Å². The van der Waals surface area contributed by atoms with Crippen molar-refractivity contribution in [3.05, 3.63) is 11.6 Å². The van der Waals surface area contributed by atoms with Crippen molar-refractivity contribution >= 4 is 17.7 Å². The maximum atomic E-state index is 13.1. The van der Waals surface area contributed by atoms with Crippen LogP contribution in [0.1, 0.15) is 66.7 Å². The highest BCUT2D eigenvalue weighted by molar-refractivity contribution is 5.93. The zero-order valence-electron chi connectivity index (χ0n) is 19.5. The first kappa shape index (κ1) is 24.4.